The van der Waals surface area contributed by atoms with Crippen LogP contribution in [-0.2, 0) is 14.2 Å². The Morgan fingerprint density at radius 1 is 0.811 bits per heavy atom. The Morgan fingerprint density at radius 2 is 1.38 bits per heavy atom. The molecule has 9 heteroatoms. The molecule has 0 saturated carbocycles. The maximum atomic E-state index is 15.3. The Labute approximate surface area is 216 Å². The summed E-state index contributed by atoms with van der Waals surface area (Å²) >= 11 is 0. The van der Waals surface area contributed by atoms with Gasteiger partial charge in [0.1, 0.15) is 5.66 Å². The van der Waals surface area contributed by atoms with Crippen LogP contribution in [0.1, 0.15) is 18.4 Å². The number of ether oxygens (including phenoxy) is 2. The van der Waals surface area contributed by atoms with Crippen LogP contribution in [0.3, 0.4) is 0 Å². The molecule has 37 heavy (non-hydrogen) atoms. The molecule has 5 rings (SSSR count). The summed E-state index contributed by atoms with van der Waals surface area (Å²) in [6.07, 6.45) is 0.622. The van der Waals surface area contributed by atoms with Crippen molar-refractivity contribution in [3.05, 3.63) is 78.4 Å². The zero-order valence-corrected chi connectivity index (χ0v) is 22.1. The molecular formula is C28H30N3O5P. The van der Waals surface area contributed by atoms with E-state index in [1.54, 1.807) is 12.1 Å². The molecule has 2 saturated heterocycles. The fourth-order valence-electron chi connectivity index (χ4n) is 5.33. The minimum Gasteiger partial charge on any atom is -0.493 e. The van der Waals surface area contributed by atoms with E-state index in [4.69, 9.17) is 9.47 Å². The Hall–Kier alpha value is -3.77. The molecule has 0 bridgehead atoms. The molecule has 0 N–H and O–H groups in total. The van der Waals surface area contributed by atoms with Crippen molar-refractivity contribution in [3.63, 3.8) is 0 Å². The first kappa shape index (κ1) is 24.9. The van der Waals surface area contributed by atoms with Gasteiger partial charge in [-0.05, 0) is 49.2 Å². The van der Waals surface area contributed by atoms with E-state index in [0.717, 1.165) is 28.3 Å². The van der Waals surface area contributed by atoms with Gasteiger partial charge in [-0.1, -0.05) is 36.4 Å². The summed E-state index contributed by atoms with van der Waals surface area (Å²) in [5.74, 6) is 0.0994. The van der Waals surface area contributed by atoms with Crippen molar-refractivity contribution in [2.75, 3.05) is 41.5 Å². The Bertz CT molecular complexity index is 1310. The number of benzene rings is 3. The van der Waals surface area contributed by atoms with Crippen molar-refractivity contribution in [3.8, 4) is 11.5 Å². The van der Waals surface area contributed by atoms with Gasteiger partial charge >= 0.3 is 0 Å². The normalized spacial score (nSPS) is 19.3. The number of aryl methyl sites for hydroxylation is 1. The van der Waals surface area contributed by atoms with Gasteiger partial charge in [0.25, 0.3) is 7.44 Å². The molecule has 3 aromatic carbocycles. The lowest BCUT2D eigenvalue weighted by Gasteiger charge is -2.47. The van der Waals surface area contributed by atoms with Gasteiger partial charge in [0.15, 0.2) is 11.5 Å². The molecule has 2 amide bonds. The van der Waals surface area contributed by atoms with E-state index in [0.29, 0.717) is 30.3 Å². The van der Waals surface area contributed by atoms with Crippen LogP contribution in [0.4, 0.5) is 17.1 Å². The number of hydrogen-bond donors (Lipinski definition) is 0. The molecule has 2 heterocycles. The topological polar surface area (TPSA) is 79.4 Å². The molecule has 1 atom stereocenters. The summed E-state index contributed by atoms with van der Waals surface area (Å²) in [6.45, 7) is 2.88. The predicted octanol–water partition coefficient (Wildman–Crippen LogP) is 5.25. The standard InChI is InChI=1S/C28H30N3O5P/c1-20-17-23(18-24(35-2)27(20)36-3)31-26(32)19-25(28(31)33)37(34)29(21-11-6-4-7-12-21)15-10-16-30(37)22-13-8-5-9-14-22/h4-9,11-14,17-18,25H,10,15-16,19H2,1-3H3. The van der Waals surface area contributed by atoms with E-state index in [1.165, 1.54) is 14.2 Å². The smallest absolute Gasteiger partial charge is 0.275 e. The van der Waals surface area contributed by atoms with Crippen molar-refractivity contribution in [2.45, 2.75) is 25.4 Å². The molecule has 2 aliphatic rings. The highest BCUT2D eigenvalue weighted by molar-refractivity contribution is 7.69. The third-order valence-electron chi connectivity index (χ3n) is 6.98. The van der Waals surface area contributed by atoms with Crippen LogP contribution in [0.2, 0.25) is 0 Å². The summed E-state index contributed by atoms with van der Waals surface area (Å²) in [7, 11) is -0.577. The van der Waals surface area contributed by atoms with Gasteiger partial charge < -0.3 is 18.8 Å². The van der Waals surface area contributed by atoms with Gasteiger partial charge in [0.05, 0.1) is 19.9 Å². The quantitative estimate of drug-likeness (QED) is 0.325. The maximum absolute atomic E-state index is 15.3. The first-order chi connectivity index (χ1) is 17.9. The van der Waals surface area contributed by atoms with E-state index in [9.17, 15) is 9.59 Å². The van der Waals surface area contributed by atoms with E-state index < -0.39 is 19.0 Å². The molecule has 1 unspecified atom stereocenters. The molecular weight excluding hydrogens is 489 g/mol. The lowest BCUT2D eigenvalue weighted by Crippen LogP contribution is -2.46. The van der Waals surface area contributed by atoms with Gasteiger partial charge in [-0.25, -0.2) is 4.90 Å². The van der Waals surface area contributed by atoms with Crippen LogP contribution in [-0.4, -0.2) is 44.8 Å². The number of amides is 2. The maximum Gasteiger partial charge on any atom is 0.275 e. The number of rotatable bonds is 6. The fraction of sp³-hybridized carbons (Fsp3) is 0.286. The molecule has 0 radical (unpaired) electrons. The highest BCUT2D eigenvalue weighted by Gasteiger charge is 2.56. The van der Waals surface area contributed by atoms with Gasteiger partial charge in [-0.2, -0.15) is 0 Å². The van der Waals surface area contributed by atoms with Gasteiger partial charge in [-0.3, -0.25) is 14.2 Å². The summed E-state index contributed by atoms with van der Waals surface area (Å²) in [4.78, 5) is 28.6. The number of nitrogens with zero attached hydrogens (tertiary/aromatic N) is 3. The van der Waals surface area contributed by atoms with Crippen LogP contribution < -0.4 is 23.7 Å². The van der Waals surface area contributed by atoms with Crippen LogP contribution >= 0.6 is 7.44 Å². The van der Waals surface area contributed by atoms with Crippen molar-refractivity contribution in [2.24, 2.45) is 0 Å². The van der Waals surface area contributed by atoms with Crippen LogP contribution in [0.5, 0.6) is 11.5 Å². The number of imide groups is 1. The second-order valence-corrected chi connectivity index (χ2v) is 11.9. The number of para-hydroxylation sites is 2. The molecule has 2 aliphatic heterocycles. The number of carbonyl (C=O) groups excluding carboxylic acids is 2. The number of hydrogen-bond acceptors (Lipinski definition) is 5. The number of carbonyl (C=O) groups is 2. The SMILES string of the molecule is COc1cc(N2C(=O)CC(P3(=O)N(c4ccccc4)CCCN3c3ccccc3)C2=O)cc(C)c1OC. The zero-order chi connectivity index (χ0) is 26.2. The van der Waals surface area contributed by atoms with Crippen LogP contribution in [0, 0.1) is 6.92 Å². The van der Waals surface area contributed by atoms with Crippen molar-refractivity contribution in [1.29, 1.82) is 0 Å². The molecule has 0 aromatic heterocycles. The first-order valence-electron chi connectivity index (χ1n) is 12.3. The van der Waals surface area contributed by atoms with Gasteiger partial charge in [-0.15, -0.1) is 0 Å². The third kappa shape index (κ3) is 4.15. The molecule has 3 aromatic rings. The average molecular weight is 520 g/mol. The van der Waals surface area contributed by atoms with Crippen molar-refractivity contribution < 1.29 is 23.6 Å². The highest BCUT2D eigenvalue weighted by Crippen LogP contribution is 2.64. The van der Waals surface area contributed by atoms with Crippen LogP contribution in [0.15, 0.2) is 72.8 Å². The Kier molecular flexibility index (Phi) is 6.69. The second kappa shape index (κ2) is 9.94. The molecule has 8 nitrogen and oxygen atoms in total. The van der Waals surface area contributed by atoms with E-state index in [1.807, 2.05) is 76.9 Å². The summed E-state index contributed by atoms with van der Waals surface area (Å²) < 4.78 is 29.9. The molecule has 0 spiro atoms. The van der Waals surface area contributed by atoms with Crippen molar-refractivity contribution >= 4 is 36.3 Å². The van der Waals surface area contributed by atoms with Gasteiger partial charge in [0, 0.05) is 37.0 Å². The van der Waals surface area contributed by atoms with Gasteiger partial charge in [0.2, 0.25) is 11.8 Å². The predicted molar refractivity (Wildman–Crippen MR) is 145 cm³/mol. The fourth-order valence-corrected chi connectivity index (χ4v) is 8.84. The monoisotopic (exact) mass is 519 g/mol. The Morgan fingerprint density at radius 3 is 1.89 bits per heavy atom. The van der Waals surface area contributed by atoms with E-state index in [2.05, 4.69) is 0 Å². The third-order valence-corrected chi connectivity index (χ3v) is 10.4. The number of anilines is 3. The summed E-state index contributed by atoms with van der Waals surface area (Å²) in [6, 6.07) is 22.3. The van der Waals surface area contributed by atoms with E-state index >= 15 is 4.57 Å². The molecule has 0 aliphatic carbocycles. The minimum absolute atomic E-state index is 0.143. The largest absolute Gasteiger partial charge is 0.493 e. The highest BCUT2D eigenvalue weighted by atomic mass is 31.2. The first-order valence-corrected chi connectivity index (χ1v) is 13.9. The minimum atomic E-state index is -3.62. The Balaban J connectivity index is 1.61. The summed E-state index contributed by atoms with van der Waals surface area (Å²) in [5, 5.41) is 0. The lowest BCUT2D eigenvalue weighted by atomic mass is 10.1. The van der Waals surface area contributed by atoms with E-state index in [-0.39, 0.29) is 12.3 Å². The summed E-state index contributed by atoms with van der Waals surface area (Å²) in [5.41, 5.74) is 1.63. The van der Waals surface area contributed by atoms with Crippen molar-refractivity contribution in [1.82, 2.24) is 0 Å². The number of methoxy groups -OCH3 is 2. The lowest BCUT2D eigenvalue weighted by molar-refractivity contribution is -0.121. The zero-order valence-electron chi connectivity index (χ0n) is 21.2. The second-order valence-electron chi connectivity index (χ2n) is 9.15. The molecule has 192 valence electrons. The average Bonchev–Trinajstić information content (AvgIpc) is 3.23. The molecule has 2 fully saturated rings. The van der Waals surface area contributed by atoms with Crippen LogP contribution in [0.25, 0.3) is 0 Å².